The van der Waals surface area contributed by atoms with Crippen LogP contribution < -0.4 is 4.90 Å². The number of benzene rings is 1. The van der Waals surface area contributed by atoms with Crippen molar-refractivity contribution < 1.29 is 9.90 Å². The zero-order valence-corrected chi connectivity index (χ0v) is 11.6. The van der Waals surface area contributed by atoms with Gasteiger partial charge in [-0.3, -0.25) is 0 Å². The largest absolute Gasteiger partial charge is 0.477 e. The van der Waals surface area contributed by atoms with Gasteiger partial charge in [-0.2, -0.15) is 0 Å². The average molecular weight is 276 g/mol. The summed E-state index contributed by atoms with van der Waals surface area (Å²) in [5.74, 6) is -0.842. The predicted molar refractivity (Wildman–Crippen MR) is 78.5 cm³/mol. The number of piperazine rings is 1. The van der Waals surface area contributed by atoms with Gasteiger partial charge in [0.15, 0.2) is 0 Å². The Morgan fingerprint density at radius 1 is 1.26 bits per heavy atom. The summed E-state index contributed by atoms with van der Waals surface area (Å²) in [7, 11) is 2.13. The quantitative estimate of drug-likeness (QED) is 0.914. The lowest BCUT2D eigenvalue weighted by Gasteiger charge is -2.34. The van der Waals surface area contributed by atoms with E-state index in [1.165, 1.54) is 17.0 Å². The monoisotopic (exact) mass is 276 g/mol. The Balaban J connectivity index is 2.01. The van der Waals surface area contributed by atoms with Gasteiger partial charge in [0.2, 0.25) is 0 Å². The fourth-order valence-corrected chi connectivity index (χ4v) is 3.49. The summed E-state index contributed by atoms with van der Waals surface area (Å²) in [5.41, 5.74) is 1.17. The molecule has 1 aromatic heterocycles. The molecular formula is C14H16N2O2S. The summed E-state index contributed by atoms with van der Waals surface area (Å²) in [5, 5.41) is 10.1. The molecule has 0 atom stereocenters. The van der Waals surface area contributed by atoms with Gasteiger partial charge in [-0.05, 0) is 24.6 Å². The SMILES string of the molecule is CN1CCN(c2cccc3cc(C(=O)O)sc23)CC1. The maximum absolute atomic E-state index is 11.1. The third-order valence-corrected chi connectivity index (χ3v) is 4.74. The number of hydrogen-bond donors (Lipinski definition) is 1. The molecule has 1 aromatic carbocycles. The molecule has 2 aromatic rings. The molecule has 2 heterocycles. The predicted octanol–water partition coefficient (Wildman–Crippen LogP) is 2.35. The number of carboxylic acids is 1. The van der Waals surface area contributed by atoms with Crippen molar-refractivity contribution in [3.63, 3.8) is 0 Å². The van der Waals surface area contributed by atoms with Gasteiger partial charge in [0.1, 0.15) is 4.88 Å². The second-order valence-corrected chi connectivity index (χ2v) is 5.95. The van der Waals surface area contributed by atoms with Crippen molar-refractivity contribution in [3.8, 4) is 0 Å². The number of rotatable bonds is 2. The Morgan fingerprint density at radius 3 is 2.68 bits per heavy atom. The maximum Gasteiger partial charge on any atom is 0.345 e. The third kappa shape index (κ3) is 2.31. The minimum atomic E-state index is -0.842. The van der Waals surface area contributed by atoms with E-state index in [-0.39, 0.29) is 0 Å². The number of thiophene rings is 1. The number of carbonyl (C=O) groups is 1. The van der Waals surface area contributed by atoms with E-state index >= 15 is 0 Å². The molecule has 19 heavy (non-hydrogen) atoms. The smallest absolute Gasteiger partial charge is 0.345 e. The number of aromatic carboxylic acids is 1. The zero-order valence-electron chi connectivity index (χ0n) is 10.8. The number of hydrogen-bond acceptors (Lipinski definition) is 4. The second-order valence-electron chi connectivity index (χ2n) is 4.90. The molecule has 0 saturated carbocycles. The lowest BCUT2D eigenvalue weighted by molar-refractivity contribution is 0.0702. The topological polar surface area (TPSA) is 43.8 Å². The van der Waals surface area contributed by atoms with Crippen LogP contribution in [0.3, 0.4) is 0 Å². The van der Waals surface area contributed by atoms with Crippen LogP contribution in [0.15, 0.2) is 24.3 Å². The Hall–Kier alpha value is -1.59. The van der Waals surface area contributed by atoms with Gasteiger partial charge in [-0.1, -0.05) is 12.1 Å². The summed E-state index contributed by atoms with van der Waals surface area (Å²) in [6.07, 6.45) is 0. The summed E-state index contributed by atoms with van der Waals surface area (Å²) in [6.45, 7) is 4.09. The van der Waals surface area contributed by atoms with Crippen molar-refractivity contribution in [1.29, 1.82) is 0 Å². The van der Waals surface area contributed by atoms with Crippen molar-refractivity contribution in [2.45, 2.75) is 0 Å². The maximum atomic E-state index is 11.1. The molecule has 0 amide bonds. The van der Waals surface area contributed by atoms with E-state index in [4.69, 9.17) is 5.11 Å². The average Bonchev–Trinajstić information content (AvgIpc) is 2.83. The Morgan fingerprint density at radius 2 is 2.00 bits per heavy atom. The molecule has 0 radical (unpaired) electrons. The zero-order chi connectivity index (χ0) is 13.4. The molecular weight excluding hydrogens is 260 g/mol. The lowest BCUT2D eigenvalue weighted by Crippen LogP contribution is -2.44. The molecule has 0 spiro atoms. The lowest BCUT2D eigenvalue weighted by atomic mass is 10.2. The molecule has 0 unspecified atom stereocenters. The fourth-order valence-electron chi connectivity index (χ4n) is 2.45. The van der Waals surface area contributed by atoms with Crippen molar-refractivity contribution in [1.82, 2.24) is 4.90 Å². The summed E-state index contributed by atoms with van der Waals surface area (Å²) in [4.78, 5) is 16.2. The molecule has 1 aliphatic heterocycles. The van der Waals surface area contributed by atoms with Crippen molar-refractivity contribution in [3.05, 3.63) is 29.1 Å². The molecule has 4 nitrogen and oxygen atoms in total. The summed E-state index contributed by atoms with van der Waals surface area (Å²) >= 11 is 1.37. The molecule has 1 N–H and O–H groups in total. The van der Waals surface area contributed by atoms with Crippen LogP contribution >= 0.6 is 11.3 Å². The van der Waals surface area contributed by atoms with Gasteiger partial charge < -0.3 is 14.9 Å². The van der Waals surface area contributed by atoms with Crippen molar-refractivity contribution >= 4 is 33.1 Å². The summed E-state index contributed by atoms with van der Waals surface area (Å²) in [6, 6.07) is 7.85. The van der Waals surface area contributed by atoms with Crippen LogP contribution in [-0.2, 0) is 0 Å². The molecule has 5 heteroatoms. The van der Waals surface area contributed by atoms with Crippen molar-refractivity contribution in [2.24, 2.45) is 0 Å². The van der Waals surface area contributed by atoms with Crippen LogP contribution in [-0.4, -0.2) is 49.2 Å². The highest BCUT2D eigenvalue weighted by Gasteiger charge is 2.18. The minimum absolute atomic E-state index is 0.413. The van der Waals surface area contributed by atoms with Crippen LogP contribution in [0, 0.1) is 0 Å². The van der Waals surface area contributed by atoms with Gasteiger partial charge in [0.05, 0.1) is 10.4 Å². The van der Waals surface area contributed by atoms with E-state index in [9.17, 15) is 4.79 Å². The standard InChI is InChI=1S/C14H16N2O2S/c1-15-5-7-16(8-6-15)11-4-2-3-10-9-12(14(17)18)19-13(10)11/h2-4,9H,5-8H2,1H3,(H,17,18). The van der Waals surface area contributed by atoms with E-state index in [0.717, 1.165) is 36.3 Å². The number of nitrogens with zero attached hydrogens (tertiary/aromatic N) is 2. The first-order valence-corrected chi connectivity index (χ1v) is 7.16. The highest BCUT2D eigenvalue weighted by molar-refractivity contribution is 7.21. The van der Waals surface area contributed by atoms with E-state index in [2.05, 4.69) is 22.9 Å². The molecule has 3 rings (SSSR count). The van der Waals surface area contributed by atoms with Crippen LogP contribution in [0.4, 0.5) is 5.69 Å². The Kier molecular flexibility index (Phi) is 3.16. The minimum Gasteiger partial charge on any atom is -0.477 e. The number of likely N-dealkylation sites (N-methyl/N-ethyl adjacent to an activating group) is 1. The fraction of sp³-hybridized carbons (Fsp3) is 0.357. The first-order chi connectivity index (χ1) is 9.15. The first-order valence-electron chi connectivity index (χ1n) is 6.34. The molecule has 0 aliphatic carbocycles. The van der Waals surface area contributed by atoms with Gasteiger partial charge in [0, 0.05) is 26.2 Å². The van der Waals surface area contributed by atoms with E-state index < -0.39 is 5.97 Å². The molecule has 1 saturated heterocycles. The highest BCUT2D eigenvalue weighted by Crippen LogP contribution is 2.34. The molecule has 1 aliphatic rings. The van der Waals surface area contributed by atoms with E-state index in [0.29, 0.717) is 4.88 Å². The van der Waals surface area contributed by atoms with Gasteiger partial charge in [-0.15, -0.1) is 11.3 Å². The van der Waals surface area contributed by atoms with Gasteiger partial charge >= 0.3 is 5.97 Å². The van der Waals surface area contributed by atoms with Gasteiger partial charge in [-0.25, -0.2) is 4.79 Å². The van der Waals surface area contributed by atoms with Crippen LogP contribution in [0.5, 0.6) is 0 Å². The molecule has 0 bridgehead atoms. The van der Waals surface area contributed by atoms with Crippen LogP contribution in [0.2, 0.25) is 0 Å². The number of carboxylic acid groups (broad SMARTS) is 1. The highest BCUT2D eigenvalue weighted by atomic mass is 32.1. The molecule has 1 fully saturated rings. The molecule has 100 valence electrons. The first kappa shape index (κ1) is 12.4. The second kappa shape index (κ2) is 4.83. The van der Waals surface area contributed by atoms with E-state index in [1.54, 1.807) is 6.07 Å². The Labute approximate surface area is 115 Å². The van der Waals surface area contributed by atoms with Crippen LogP contribution in [0.25, 0.3) is 10.1 Å². The van der Waals surface area contributed by atoms with Gasteiger partial charge in [0.25, 0.3) is 0 Å². The summed E-state index contributed by atoms with van der Waals surface area (Å²) < 4.78 is 1.09. The Bertz CT molecular complexity index is 615. The van der Waals surface area contributed by atoms with Crippen LogP contribution in [0.1, 0.15) is 9.67 Å². The third-order valence-electron chi connectivity index (χ3n) is 3.58. The normalized spacial score (nSPS) is 17.0. The van der Waals surface area contributed by atoms with E-state index in [1.807, 2.05) is 12.1 Å². The number of fused-ring (bicyclic) bond motifs is 1. The number of anilines is 1. The van der Waals surface area contributed by atoms with Crippen molar-refractivity contribution in [2.75, 3.05) is 38.1 Å².